The molecule has 0 aliphatic rings. The van der Waals surface area contributed by atoms with E-state index < -0.39 is 0 Å². The predicted molar refractivity (Wildman–Crippen MR) is 70.4 cm³/mol. The normalized spacial score (nSPS) is 10.5. The number of aromatic nitrogens is 1. The lowest BCUT2D eigenvalue weighted by atomic mass is 10.3. The van der Waals surface area contributed by atoms with E-state index in [1.54, 1.807) is 11.3 Å². The lowest BCUT2D eigenvalue weighted by Crippen LogP contribution is -2.07. The van der Waals surface area contributed by atoms with Crippen molar-refractivity contribution in [2.24, 2.45) is 5.73 Å². The van der Waals surface area contributed by atoms with Gasteiger partial charge in [-0.05, 0) is 30.5 Å². The minimum atomic E-state index is 0.413. The molecule has 2 aromatic rings. The maximum atomic E-state index is 5.72. The van der Waals surface area contributed by atoms with Crippen molar-refractivity contribution in [3.63, 3.8) is 0 Å². The highest BCUT2D eigenvalue weighted by Gasteiger charge is 2.04. The van der Waals surface area contributed by atoms with E-state index >= 15 is 0 Å². The van der Waals surface area contributed by atoms with Crippen LogP contribution in [0.4, 0.5) is 0 Å². The molecule has 3 nitrogen and oxygen atoms in total. The Morgan fingerprint density at radius 2 is 2.24 bits per heavy atom. The Balaban J connectivity index is 1.94. The van der Waals surface area contributed by atoms with Gasteiger partial charge in [-0.25, -0.2) is 0 Å². The van der Waals surface area contributed by atoms with Crippen molar-refractivity contribution in [3.8, 4) is 5.75 Å². The Morgan fingerprint density at radius 3 is 2.94 bits per heavy atom. The molecule has 0 radical (unpaired) electrons. The van der Waals surface area contributed by atoms with E-state index in [0.29, 0.717) is 13.2 Å². The van der Waals surface area contributed by atoms with E-state index in [1.165, 1.54) is 4.88 Å². The van der Waals surface area contributed by atoms with Crippen molar-refractivity contribution < 1.29 is 4.74 Å². The Hall–Kier alpha value is -1.39. The lowest BCUT2D eigenvalue weighted by Gasteiger charge is -2.09. The molecule has 0 bridgehead atoms. The zero-order valence-electron chi connectivity index (χ0n) is 9.85. The van der Waals surface area contributed by atoms with Gasteiger partial charge < -0.3 is 10.5 Å². The lowest BCUT2D eigenvalue weighted by molar-refractivity contribution is 0.317. The fraction of sp³-hybridized carbons (Fsp3) is 0.308. The second kappa shape index (κ2) is 5.80. The maximum Gasteiger partial charge on any atom is 0.142 e. The molecular formula is C13H16N2OS. The minimum absolute atomic E-state index is 0.413. The smallest absolute Gasteiger partial charge is 0.142 e. The third kappa shape index (κ3) is 3.28. The molecule has 90 valence electrons. The standard InChI is InChI=1S/C13H16N2OS/c1-10-4-5-13(12(9-14)15-10)16-7-6-11-3-2-8-17-11/h2-5,8H,6-7,9,14H2,1H3. The number of pyridine rings is 1. The molecule has 0 atom stereocenters. The molecule has 2 rings (SSSR count). The summed E-state index contributed by atoms with van der Waals surface area (Å²) in [4.78, 5) is 5.69. The largest absolute Gasteiger partial charge is 0.491 e. The summed E-state index contributed by atoms with van der Waals surface area (Å²) < 4.78 is 5.72. The summed E-state index contributed by atoms with van der Waals surface area (Å²) in [7, 11) is 0. The molecule has 0 unspecified atom stereocenters. The van der Waals surface area contributed by atoms with Crippen LogP contribution in [0, 0.1) is 6.92 Å². The summed E-state index contributed by atoms with van der Waals surface area (Å²) in [5, 5.41) is 2.08. The van der Waals surface area contributed by atoms with Crippen molar-refractivity contribution in [1.29, 1.82) is 0 Å². The minimum Gasteiger partial charge on any atom is -0.491 e. The number of nitrogens with two attached hydrogens (primary N) is 1. The van der Waals surface area contributed by atoms with Crippen LogP contribution in [0.5, 0.6) is 5.75 Å². The molecule has 0 aliphatic heterocycles. The van der Waals surface area contributed by atoms with Gasteiger partial charge >= 0.3 is 0 Å². The highest BCUT2D eigenvalue weighted by atomic mass is 32.1. The van der Waals surface area contributed by atoms with Crippen LogP contribution in [0.15, 0.2) is 29.6 Å². The van der Waals surface area contributed by atoms with Gasteiger partial charge in [0.15, 0.2) is 0 Å². The van der Waals surface area contributed by atoms with Gasteiger partial charge in [0.2, 0.25) is 0 Å². The highest BCUT2D eigenvalue weighted by Crippen LogP contribution is 2.17. The summed E-state index contributed by atoms with van der Waals surface area (Å²) in [6, 6.07) is 8.06. The first kappa shape index (κ1) is 12.1. The van der Waals surface area contributed by atoms with E-state index in [2.05, 4.69) is 22.5 Å². The fourth-order valence-corrected chi connectivity index (χ4v) is 2.28. The maximum absolute atomic E-state index is 5.72. The molecule has 0 amide bonds. The summed E-state index contributed by atoms with van der Waals surface area (Å²) in [5.41, 5.74) is 7.44. The number of aryl methyl sites for hydroxylation is 1. The van der Waals surface area contributed by atoms with Crippen LogP contribution in [0.3, 0.4) is 0 Å². The molecule has 0 aliphatic carbocycles. The van der Waals surface area contributed by atoms with Crippen molar-refractivity contribution in [2.45, 2.75) is 19.9 Å². The summed E-state index contributed by atoms with van der Waals surface area (Å²) in [5.74, 6) is 0.801. The highest BCUT2D eigenvalue weighted by molar-refractivity contribution is 7.09. The van der Waals surface area contributed by atoms with E-state index in [-0.39, 0.29) is 0 Å². The van der Waals surface area contributed by atoms with Crippen LogP contribution in [0.2, 0.25) is 0 Å². The van der Waals surface area contributed by atoms with E-state index in [9.17, 15) is 0 Å². The second-order valence-electron chi connectivity index (χ2n) is 3.78. The van der Waals surface area contributed by atoms with Gasteiger partial charge in [-0.2, -0.15) is 0 Å². The van der Waals surface area contributed by atoms with E-state index in [1.807, 2.05) is 19.1 Å². The van der Waals surface area contributed by atoms with E-state index in [0.717, 1.165) is 23.6 Å². The van der Waals surface area contributed by atoms with Crippen molar-refractivity contribution >= 4 is 11.3 Å². The van der Waals surface area contributed by atoms with Crippen molar-refractivity contribution in [1.82, 2.24) is 4.98 Å². The number of ether oxygens (including phenoxy) is 1. The molecule has 2 aromatic heterocycles. The Bertz CT molecular complexity index is 468. The molecule has 4 heteroatoms. The Kier molecular flexibility index (Phi) is 4.12. The van der Waals surface area contributed by atoms with Crippen LogP contribution in [0.1, 0.15) is 16.3 Å². The van der Waals surface area contributed by atoms with Crippen LogP contribution in [-0.4, -0.2) is 11.6 Å². The molecule has 0 saturated carbocycles. The average molecular weight is 248 g/mol. The summed E-state index contributed by atoms with van der Waals surface area (Å²) in [6.07, 6.45) is 0.926. The van der Waals surface area contributed by atoms with Gasteiger partial charge in [-0.3, -0.25) is 4.98 Å². The number of nitrogens with zero attached hydrogens (tertiary/aromatic N) is 1. The average Bonchev–Trinajstić information content (AvgIpc) is 2.84. The molecule has 0 aromatic carbocycles. The Labute approximate surface area is 105 Å². The molecule has 0 fully saturated rings. The Morgan fingerprint density at radius 1 is 1.35 bits per heavy atom. The number of hydrogen-bond donors (Lipinski definition) is 1. The van der Waals surface area contributed by atoms with Gasteiger partial charge in [-0.15, -0.1) is 11.3 Å². The topological polar surface area (TPSA) is 48.1 Å². The quantitative estimate of drug-likeness (QED) is 0.884. The number of hydrogen-bond acceptors (Lipinski definition) is 4. The van der Waals surface area contributed by atoms with Crippen LogP contribution >= 0.6 is 11.3 Å². The first-order valence-corrected chi connectivity index (χ1v) is 6.49. The second-order valence-corrected chi connectivity index (χ2v) is 4.81. The molecule has 2 heterocycles. The van der Waals surface area contributed by atoms with Gasteiger partial charge in [0, 0.05) is 23.5 Å². The first-order valence-electron chi connectivity index (χ1n) is 5.61. The van der Waals surface area contributed by atoms with E-state index in [4.69, 9.17) is 10.5 Å². The van der Waals surface area contributed by atoms with Crippen LogP contribution in [-0.2, 0) is 13.0 Å². The zero-order valence-corrected chi connectivity index (χ0v) is 10.7. The number of rotatable bonds is 5. The third-order valence-electron chi connectivity index (χ3n) is 2.45. The molecule has 0 saturated heterocycles. The third-order valence-corrected chi connectivity index (χ3v) is 3.39. The monoisotopic (exact) mass is 248 g/mol. The SMILES string of the molecule is Cc1ccc(OCCc2cccs2)c(CN)n1. The predicted octanol–water partition coefficient (Wildman–Crippen LogP) is 2.53. The molecular weight excluding hydrogens is 232 g/mol. The van der Waals surface area contributed by atoms with Crippen LogP contribution < -0.4 is 10.5 Å². The molecule has 0 spiro atoms. The first-order chi connectivity index (χ1) is 8.29. The number of thiophene rings is 1. The van der Waals surface area contributed by atoms with Gasteiger partial charge in [0.25, 0.3) is 0 Å². The van der Waals surface area contributed by atoms with Crippen molar-refractivity contribution in [3.05, 3.63) is 45.9 Å². The van der Waals surface area contributed by atoms with Crippen molar-refractivity contribution in [2.75, 3.05) is 6.61 Å². The summed E-state index contributed by atoms with van der Waals surface area (Å²) >= 11 is 1.75. The molecule has 17 heavy (non-hydrogen) atoms. The zero-order chi connectivity index (χ0) is 12.1. The van der Waals surface area contributed by atoms with Crippen LogP contribution in [0.25, 0.3) is 0 Å². The van der Waals surface area contributed by atoms with Gasteiger partial charge in [-0.1, -0.05) is 6.07 Å². The van der Waals surface area contributed by atoms with Gasteiger partial charge in [0.1, 0.15) is 5.75 Å². The fourth-order valence-electron chi connectivity index (χ4n) is 1.59. The summed E-state index contributed by atoms with van der Waals surface area (Å²) in [6.45, 7) is 3.03. The molecule has 2 N–H and O–H groups in total. The van der Waals surface area contributed by atoms with Gasteiger partial charge in [0.05, 0.1) is 12.3 Å².